The molecule has 2 atom stereocenters. The van der Waals surface area contributed by atoms with Gasteiger partial charge in [0.05, 0.1) is 40.3 Å². The Hall–Kier alpha value is -1.71. The summed E-state index contributed by atoms with van der Waals surface area (Å²) in [6.07, 6.45) is 56.2. The van der Waals surface area contributed by atoms with Crippen molar-refractivity contribution in [1.29, 1.82) is 0 Å². The van der Waals surface area contributed by atoms with Crippen LogP contribution in [0.5, 0.6) is 0 Å². The molecule has 410 valence electrons. The summed E-state index contributed by atoms with van der Waals surface area (Å²) in [6, 6.07) is 0. The summed E-state index contributed by atoms with van der Waals surface area (Å²) in [5.41, 5.74) is 0. The summed E-state index contributed by atoms with van der Waals surface area (Å²) in [6.45, 7) is 4.79. The van der Waals surface area contributed by atoms with Gasteiger partial charge in [-0.25, -0.2) is 0 Å². The van der Waals surface area contributed by atoms with E-state index in [-0.39, 0.29) is 32.2 Å². The molecule has 0 aromatic rings. The van der Waals surface area contributed by atoms with Gasteiger partial charge < -0.3 is 33.3 Å². The lowest BCUT2D eigenvalue weighted by Gasteiger charge is -2.26. The smallest absolute Gasteiger partial charge is 0.306 e. The average Bonchev–Trinajstić information content (AvgIpc) is 3.31. The number of ether oxygens (including phenoxy) is 4. The third kappa shape index (κ3) is 53.9. The van der Waals surface area contributed by atoms with Gasteiger partial charge in [-0.05, 0) is 12.8 Å². The summed E-state index contributed by atoms with van der Waals surface area (Å²) in [5.74, 6) is -2.26. The van der Waals surface area contributed by atoms with Gasteiger partial charge in [0.25, 0.3) is 0 Å². The Labute approximate surface area is 428 Å². The van der Waals surface area contributed by atoms with Crippen LogP contribution in [0.25, 0.3) is 0 Å². The SMILES string of the molecule is CCCCCCCCCCCCCCCCCCCCCCCCCCCCCCCCCCCC(=O)OC(COC(=O)CCCCCCCCCCCCC)COC(OCC[N+](C)(C)C)C(=O)[O-]. The van der Waals surface area contributed by atoms with E-state index in [2.05, 4.69) is 13.8 Å². The van der Waals surface area contributed by atoms with Gasteiger partial charge in [-0.2, -0.15) is 0 Å². The number of rotatable bonds is 57. The predicted octanol–water partition coefficient (Wildman–Crippen LogP) is 16.2. The van der Waals surface area contributed by atoms with E-state index >= 15 is 0 Å². The summed E-state index contributed by atoms with van der Waals surface area (Å²) < 4.78 is 22.7. The van der Waals surface area contributed by atoms with E-state index < -0.39 is 24.3 Å². The number of carboxylic acids is 1. The number of aliphatic carboxylic acids is 1. The van der Waals surface area contributed by atoms with Crippen LogP contribution in [0.1, 0.15) is 309 Å². The summed E-state index contributed by atoms with van der Waals surface area (Å²) in [5, 5.41) is 11.7. The van der Waals surface area contributed by atoms with Crippen LogP contribution in [-0.2, 0) is 33.3 Å². The molecule has 0 radical (unpaired) electrons. The number of carbonyl (C=O) groups is 3. The topological polar surface area (TPSA) is 111 Å². The third-order valence-corrected chi connectivity index (χ3v) is 13.9. The molecule has 0 saturated heterocycles. The maximum absolute atomic E-state index is 12.8. The third-order valence-electron chi connectivity index (χ3n) is 13.9. The van der Waals surface area contributed by atoms with Gasteiger partial charge in [0.2, 0.25) is 0 Å². The lowest BCUT2D eigenvalue weighted by Crippen LogP contribution is -2.44. The van der Waals surface area contributed by atoms with Gasteiger partial charge in [-0.3, -0.25) is 9.59 Å². The first kappa shape index (κ1) is 67.3. The molecule has 69 heavy (non-hydrogen) atoms. The molecular formula is C60H117NO8. The standard InChI is InChI=1S/C60H117NO8/c1-6-8-10-12-14-16-18-19-20-21-22-23-24-25-26-27-28-29-30-31-32-33-34-35-36-37-38-39-41-43-45-47-49-51-58(63)69-56(55-68-60(59(64)65)66-53-52-61(3,4)5)54-67-57(62)50-48-46-44-42-40-17-15-13-11-9-7-2/h56,60H,6-55H2,1-5H3. The first-order valence-electron chi connectivity index (χ1n) is 30.2. The van der Waals surface area contributed by atoms with Crippen molar-refractivity contribution in [3.63, 3.8) is 0 Å². The molecule has 9 nitrogen and oxygen atoms in total. The summed E-state index contributed by atoms with van der Waals surface area (Å²) >= 11 is 0. The van der Waals surface area contributed by atoms with E-state index in [0.29, 0.717) is 17.4 Å². The number of unbranched alkanes of at least 4 members (excludes halogenated alkanes) is 42. The lowest BCUT2D eigenvalue weighted by atomic mass is 10.0. The lowest BCUT2D eigenvalue weighted by molar-refractivity contribution is -0.870. The van der Waals surface area contributed by atoms with Crippen LogP contribution < -0.4 is 5.11 Å². The zero-order valence-corrected chi connectivity index (χ0v) is 46.7. The molecule has 0 aliphatic carbocycles. The Morgan fingerprint density at radius 2 is 0.652 bits per heavy atom. The minimum Gasteiger partial charge on any atom is -0.545 e. The first-order valence-corrected chi connectivity index (χ1v) is 30.2. The van der Waals surface area contributed by atoms with E-state index in [1.165, 1.54) is 244 Å². The van der Waals surface area contributed by atoms with Gasteiger partial charge in [0.1, 0.15) is 13.2 Å². The second-order valence-electron chi connectivity index (χ2n) is 22.0. The highest BCUT2D eigenvalue weighted by atomic mass is 16.7. The number of hydrogen-bond acceptors (Lipinski definition) is 8. The maximum atomic E-state index is 12.8. The normalized spacial score (nSPS) is 12.7. The second-order valence-corrected chi connectivity index (χ2v) is 22.0. The number of likely N-dealkylation sites (N-methyl/N-ethyl adjacent to an activating group) is 1. The van der Waals surface area contributed by atoms with Crippen LogP contribution >= 0.6 is 0 Å². The highest BCUT2D eigenvalue weighted by Crippen LogP contribution is 2.18. The first-order chi connectivity index (χ1) is 33.6. The number of esters is 2. The molecule has 0 heterocycles. The number of quaternary nitrogens is 1. The number of nitrogens with zero attached hydrogens (tertiary/aromatic N) is 1. The average molecular weight is 981 g/mol. The molecule has 0 bridgehead atoms. The highest BCUT2D eigenvalue weighted by molar-refractivity contribution is 5.70. The Balaban J connectivity index is 3.96. The maximum Gasteiger partial charge on any atom is 0.306 e. The van der Waals surface area contributed by atoms with Crippen molar-refractivity contribution < 1.29 is 42.9 Å². The number of carboxylic acid groups (broad SMARTS) is 1. The Morgan fingerprint density at radius 1 is 0.377 bits per heavy atom. The molecule has 9 heteroatoms. The Kier molecular flexibility index (Phi) is 51.3. The van der Waals surface area contributed by atoms with Gasteiger partial charge in [-0.15, -0.1) is 0 Å². The minimum absolute atomic E-state index is 0.153. The molecule has 0 spiro atoms. The fourth-order valence-corrected chi connectivity index (χ4v) is 9.19. The molecule has 0 aromatic carbocycles. The van der Waals surface area contributed by atoms with Crippen LogP contribution in [0.15, 0.2) is 0 Å². The monoisotopic (exact) mass is 980 g/mol. The van der Waals surface area contributed by atoms with Crippen molar-refractivity contribution >= 4 is 17.9 Å². The molecular weight excluding hydrogens is 863 g/mol. The van der Waals surface area contributed by atoms with Crippen molar-refractivity contribution in [2.75, 3.05) is 47.5 Å². The van der Waals surface area contributed by atoms with Crippen molar-refractivity contribution in [2.45, 2.75) is 322 Å². The molecule has 0 N–H and O–H groups in total. The molecule has 2 unspecified atom stereocenters. The zero-order valence-electron chi connectivity index (χ0n) is 46.7. The fourth-order valence-electron chi connectivity index (χ4n) is 9.19. The van der Waals surface area contributed by atoms with Crippen molar-refractivity contribution in [1.82, 2.24) is 0 Å². The molecule has 0 aromatic heterocycles. The van der Waals surface area contributed by atoms with Gasteiger partial charge in [0.15, 0.2) is 12.4 Å². The fraction of sp³-hybridized carbons (Fsp3) is 0.950. The largest absolute Gasteiger partial charge is 0.545 e. The Morgan fingerprint density at radius 3 is 0.928 bits per heavy atom. The van der Waals surface area contributed by atoms with E-state index in [4.69, 9.17) is 18.9 Å². The van der Waals surface area contributed by atoms with Gasteiger partial charge in [0, 0.05) is 12.8 Å². The van der Waals surface area contributed by atoms with Crippen LogP contribution in [0.3, 0.4) is 0 Å². The minimum atomic E-state index is -1.61. The quantitative estimate of drug-likeness (QED) is 0.0256. The number of hydrogen-bond donors (Lipinski definition) is 0. The molecule has 0 rings (SSSR count). The molecule has 0 fully saturated rings. The van der Waals surface area contributed by atoms with E-state index in [1.54, 1.807) is 0 Å². The number of carbonyl (C=O) groups excluding carboxylic acids is 3. The van der Waals surface area contributed by atoms with Crippen molar-refractivity contribution in [3.05, 3.63) is 0 Å². The van der Waals surface area contributed by atoms with Crippen LogP contribution in [0.4, 0.5) is 0 Å². The molecule has 0 amide bonds. The van der Waals surface area contributed by atoms with Crippen molar-refractivity contribution in [2.24, 2.45) is 0 Å². The van der Waals surface area contributed by atoms with Crippen molar-refractivity contribution in [3.8, 4) is 0 Å². The van der Waals surface area contributed by atoms with Crippen LogP contribution in [0, 0.1) is 0 Å². The highest BCUT2D eigenvalue weighted by Gasteiger charge is 2.22. The molecule has 0 saturated carbocycles. The Bertz CT molecular complexity index is 1100. The van der Waals surface area contributed by atoms with Crippen LogP contribution in [-0.4, -0.2) is 82.3 Å². The molecule has 0 aliphatic heterocycles. The zero-order chi connectivity index (χ0) is 50.6. The van der Waals surface area contributed by atoms with E-state index in [0.717, 1.165) is 38.5 Å². The second kappa shape index (κ2) is 52.6. The molecule has 0 aliphatic rings. The van der Waals surface area contributed by atoms with E-state index in [9.17, 15) is 19.5 Å². The van der Waals surface area contributed by atoms with Crippen LogP contribution in [0.2, 0.25) is 0 Å². The van der Waals surface area contributed by atoms with Gasteiger partial charge >= 0.3 is 11.9 Å². The van der Waals surface area contributed by atoms with E-state index in [1.807, 2.05) is 21.1 Å². The van der Waals surface area contributed by atoms with Gasteiger partial charge in [-0.1, -0.05) is 284 Å². The summed E-state index contributed by atoms with van der Waals surface area (Å²) in [7, 11) is 5.93. The predicted molar refractivity (Wildman–Crippen MR) is 288 cm³/mol. The summed E-state index contributed by atoms with van der Waals surface area (Å²) in [4.78, 5) is 37.1.